The van der Waals surface area contributed by atoms with Crippen LogP contribution in [0.1, 0.15) is 19.8 Å². The Morgan fingerprint density at radius 2 is 1.71 bits per heavy atom. The van der Waals surface area contributed by atoms with Gasteiger partial charge in [-0.1, -0.05) is 0 Å². The summed E-state index contributed by atoms with van der Waals surface area (Å²) in [5.74, 6) is -7.84. The zero-order valence-electron chi connectivity index (χ0n) is 7.80. The van der Waals surface area contributed by atoms with Crippen LogP contribution in [0.25, 0.3) is 0 Å². The Kier molecular flexibility index (Phi) is 4.33. The van der Waals surface area contributed by atoms with Gasteiger partial charge in [-0.25, -0.2) is 0 Å². The van der Waals surface area contributed by atoms with Gasteiger partial charge in [0.15, 0.2) is 0 Å². The van der Waals surface area contributed by atoms with Gasteiger partial charge in [-0.15, -0.1) is 0 Å². The summed E-state index contributed by atoms with van der Waals surface area (Å²) in [7, 11) is 1.08. The van der Waals surface area contributed by atoms with E-state index in [-0.39, 0.29) is 0 Å². The summed E-state index contributed by atoms with van der Waals surface area (Å²) in [5, 5.41) is 0. The second-order valence-electron chi connectivity index (χ2n) is 2.63. The van der Waals surface area contributed by atoms with Gasteiger partial charge in [-0.3, -0.25) is 14.4 Å². The monoisotopic (exact) mass is 208 g/mol. The number of hydrogen-bond acceptors (Lipinski definition) is 4. The van der Waals surface area contributed by atoms with E-state index < -0.39 is 36.3 Å². The molecule has 0 fully saturated rings. The Hall–Kier alpha value is -1.33. The third kappa shape index (κ3) is 3.20. The Labute approximate surface area is 79.2 Å². The first-order valence-corrected chi connectivity index (χ1v) is 3.81. The van der Waals surface area contributed by atoms with Crippen molar-refractivity contribution in [1.29, 1.82) is 0 Å². The molecule has 0 rings (SSSR count). The topological polar surface area (TPSA) is 60.4 Å². The van der Waals surface area contributed by atoms with Crippen LogP contribution in [0.4, 0.5) is 8.78 Å². The predicted octanol–water partition coefficient (Wildman–Crippen LogP) is 0.733. The summed E-state index contributed by atoms with van der Waals surface area (Å²) in [6.45, 7) is 0.621. The van der Waals surface area contributed by atoms with Crippen LogP contribution < -0.4 is 0 Å². The van der Waals surface area contributed by atoms with Gasteiger partial charge < -0.3 is 4.74 Å². The number of carbonyl (C=O) groups excluding carboxylic acids is 3. The van der Waals surface area contributed by atoms with E-state index in [0.717, 1.165) is 7.11 Å². The van der Waals surface area contributed by atoms with E-state index in [4.69, 9.17) is 0 Å². The highest BCUT2D eigenvalue weighted by Crippen LogP contribution is 2.18. The van der Waals surface area contributed by atoms with Crippen molar-refractivity contribution in [2.45, 2.75) is 25.7 Å². The molecule has 0 saturated carbocycles. The number of ether oxygens (including phenoxy) is 1. The highest BCUT2D eigenvalue weighted by molar-refractivity contribution is 6.07. The highest BCUT2D eigenvalue weighted by Gasteiger charge is 2.43. The molecule has 0 aliphatic rings. The quantitative estimate of drug-likeness (QED) is 0.493. The fraction of sp³-hybridized carbons (Fsp3) is 0.625. The van der Waals surface area contributed by atoms with Crippen LogP contribution in [0.2, 0.25) is 0 Å². The summed E-state index contributed by atoms with van der Waals surface area (Å²) < 4.78 is 29.4. The lowest BCUT2D eigenvalue weighted by atomic mass is 10.1. The second kappa shape index (κ2) is 4.78. The van der Waals surface area contributed by atoms with Crippen molar-refractivity contribution in [3.05, 3.63) is 0 Å². The number of Topliss-reactive ketones (excluding diaryl/α,β-unsaturated/α-hetero) is 2. The van der Waals surface area contributed by atoms with Crippen LogP contribution >= 0.6 is 0 Å². The molecule has 0 bridgehead atoms. The van der Waals surface area contributed by atoms with E-state index >= 15 is 0 Å². The summed E-state index contributed by atoms with van der Waals surface area (Å²) >= 11 is 0. The van der Waals surface area contributed by atoms with Crippen LogP contribution in [0.15, 0.2) is 0 Å². The third-order valence-corrected chi connectivity index (χ3v) is 1.58. The van der Waals surface area contributed by atoms with Crippen LogP contribution in [0.5, 0.6) is 0 Å². The molecule has 80 valence electrons. The van der Waals surface area contributed by atoms with Gasteiger partial charge in [0, 0.05) is 13.3 Å². The Balaban J connectivity index is 4.22. The Bertz CT molecular complexity index is 260. The minimum absolute atomic E-state index is 0.446. The molecule has 0 aliphatic carbocycles. The maximum Gasteiger partial charge on any atom is 0.362 e. The van der Waals surface area contributed by atoms with Crippen LogP contribution in [0.3, 0.4) is 0 Å². The van der Waals surface area contributed by atoms with Crippen molar-refractivity contribution >= 4 is 17.5 Å². The molecule has 0 atom stereocenters. The number of rotatable bonds is 5. The van der Waals surface area contributed by atoms with Gasteiger partial charge in [0.2, 0.25) is 11.6 Å². The largest absolute Gasteiger partial charge is 0.469 e. The van der Waals surface area contributed by atoms with E-state index in [0.29, 0.717) is 6.92 Å². The van der Waals surface area contributed by atoms with Crippen molar-refractivity contribution in [3.8, 4) is 0 Å². The molecular weight excluding hydrogens is 198 g/mol. The van der Waals surface area contributed by atoms with Gasteiger partial charge in [-0.05, 0) is 0 Å². The first kappa shape index (κ1) is 12.7. The summed E-state index contributed by atoms with van der Waals surface area (Å²) in [6.07, 6.45) is -1.14. The van der Waals surface area contributed by atoms with Gasteiger partial charge in [0.1, 0.15) is 0 Å². The Morgan fingerprint density at radius 1 is 1.21 bits per heavy atom. The molecule has 0 spiro atoms. The molecule has 0 N–H and O–H groups in total. The summed E-state index contributed by atoms with van der Waals surface area (Å²) in [5.41, 5.74) is 0. The van der Waals surface area contributed by atoms with Gasteiger partial charge in [-0.2, -0.15) is 8.78 Å². The molecule has 4 nitrogen and oxygen atoms in total. The van der Waals surface area contributed by atoms with E-state index in [1.807, 2.05) is 0 Å². The van der Waals surface area contributed by atoms with Crippen molar-refractivity contribution in [2.75, 3.05) is 7.11 Å². The number of hydrogen-bond donors (Lipinski definition) is 0. The number of alkyl halides is 2. The third-order valence-electron chi connectivity index (χ3n) is 1.58. The lowest BCUT2D eigenvalue weighted by Crippen LogP contribution is -2.36. The maximum absolute atomic E-state index is 12.6. The van der Waals surface area contributed by atoms with E-state index in [1.165, 1.54) is 0 Å². The van der Waals surface area contributed by atoms with E-state index in [1.54, 1.807) is 0 Å². The summed E-state index contributed by atoms with van der Waals surface area (Å²) in [6, 6.07) is 0. The molecule has 0 heterocycles. The lowest BCUT2D eigenvalue weighted by Gasteiger charge is -2.10. The molecule has 0 aromatic carbocycles. The first-order valence-electron chi connectivity index (χ1n) is 3.81. The van der Waals surface area contributed by atoms with Crippen LogP contribution in [-0.4, -0.2) is 30.6 Å². The normalized spacial score (nSPS) is 10.9. The SMILES string of the molecule is COC(=O)CCC(=O)C(F)(F)C(C)=O. The standard InChI is InChI=1S/C8H10F2O4/c1-5(11)8(9,10)6(12)3-4-7(13)14-2/h3-4H2,1-2H3. The zero-order chi connectivity index (χ0) is 11.4. The number of esters is 1. The van der Waals surface area contributed by atoms with Crippen molar-refractivity contribution in [3.63, 3.8) is 0 Å². The van der Waals surface area contributed by atoms with Crippen molar-refractivity contribution in [1.82, 2.24) is 0 Å². The summed E-state index contributed by atoms with van der Waals surface area (Å²) in [4.78, 5) is 31.6. The van der Waals surface area contributed by atoms with Crippen LogP contribution in [-0.2, 0) is 19.1 Å². The molecule has 0 aromatic rings. The number of carbonyl (C=O) groups is 3. The molecular formula is C8H10F2O4. The zero-order valence-corrected chi connectivity index (χ0v) is 7.80. The van der Waals surface area contributed by atoms with Gasteiger partial charge in [0.25, 0.3) is 0 Å². The smallest absolute Gasteiger partial charge is 0.362 e. The highest BCUT2D eigenvalue weighted by atomic mass is 19.3. The molecule has 0 aromatic heterocycles. The van der Waals surface area contributed by atoms with E-state index in [9.17, 15) is 23.2 Å². The van der Waals surface area contributed by atoms with Gasteiger partial charge >= 0.3 is 11.9 Å². The minimum Gasteiger partial charge on any atom is -0.469 e. The first-order chi connectivity index (χ1) is 6.32. The van der Waals surface area contributed by atoms with Crippen molar-refractivity contribution < 1.29 is 27.9 Å². The molecule has 6 heteroatoms. The fourth-order valence-corrected chi connectivity index (χ4v) is 0.671. The average Bonchev–Trinajstić information content (AvgIpc) is 2.12. The molecule has 0 saturated heterocycles. The Morgan fingerprint density at radius 3 is 2.07 bits per heavy atom. The second-order valence-corrected chi connectivity index (χ2v) is 2.63. The van der Waals surface area contributed by atoms with E-state index in [2.05, 4.69) is 4.74 Å². The molecule has 14 heavy (non-hydrogen) atoms. The number of ketones is 2. The number of methoxy groups -OCH3 is 1. The average molecular weight is 208 g/mol. The molecule has 0 amide bonds. The van der Waals surface area contributed by atoms with Crippen molar-refractivity contribution in [2.24, 2.45) is 0 Å². The molecule has 0 radical (unpaired) electrons. The molecule has 0 unspecified atom stereocenters. The molecule has 0 aliphatic heterocycles. The predicted molar refractivity (Wildman–Crippen MR) is 41.9 cm³/mol. The lowest BCUT2D eigenvalue weighted by molar-refractivity contribution is -0.157. The van der Waals surface area contributed by atoms with Crippen LogP contribution in [0, 0.1) is 0 Å². The minimum atomic E-state index is -3.99. The fourth-order valence-electron chi connectivity index (χ4n) is 0.671. The number of halogens is 2. The van der Waals surface area contributed by atoms with Gasteiger partial charge in [0.05, 0.1) is 13.5 Å². The maximum atomic E-state index is 12.6.